The molecular weight excluding hydrogens is 174 g/mol. The molecule has 0 heterocycles. The molecule has 4 nitrogen and oxygen atoms in total. The molecule has 0 unspecified atom stereocenters. The molecular formula is C7H13N3OS. The molecule has 0 aromatic rings. The van der Waals surface area contributed by atoms with Crippen LogP contribution in [-0.4, -0.2) is 11.0 Å². The number of nitrogens with one attached hydrogen (secondary N) is 2. The van der Waals surface area contributed by atoms with Crippen LogP contribution in [0.2, 0.25) is 0 Å². The van der Waals surface area contributed by atoms with E-state index in [1.807, 2.05) is 0 Å². The lowest BCUT2D eigenvalue weighted by molar-refractivity contribution is -0.123. The molecule has 0 aromatic carbocycles. The van der Waals surface area contributed by atoms with Gasteiger partial charge in [0, 0.05) is 6.42 Å². The van der Waals surface area contributed by atoms with Crippen molar-refractivity contribution in [3.8, 4) is 0 Å². The molecule has 5 heteroatoms. The van der Waals surface area contributed by atoms with Crippen LogP contribution in [0.5, 0.6) is 0 Å². The first-order valence-corrected chi connectivity index (χ1v) is 4.43. The summed E-state index contributed by atoms with van der Waals surface area (Å²) in [4.78, 5) is 11.1. The van der Waals surface area contributed by atoms with E-state index in [0.29, 0.717) is 12.3 Å². The Morgan fingerprint density at radius 2 is 2.17 bits per heavy atom. The van der Waals surface area contributed by atoms with Crippen LogP contribution in [0.3, 0.4) is 0 Å². The van der Waals surface area contributed by atoms with Crippen molar-refractivity contribution in [3.63, 3.8) is 0 Å². The normalized spacial score (nSPS) is 16.3. The lowest BCUT2D eigenvalue weighted by Crippen LogP contribution is -2.45. The molecule has 1 fully saturated rings. The van der Waals surface area contributed by atoms with Gasteiger partial charge in [0.05, 0.1) is 0 Å². The highest BCUT2D eigenvalue weighted by molar-refractivity contribution is 7.80. The predicted octanol–water partition coefficient (Wildman–Crippen LogP) is 0.0410. The van der Waals surface area contributed by atoms with E-state index in [4.69, 9.17) is 5.73 Å². The van der Waals surface area contributed by atoms with E-state index < -0.39 is 0 Å². The predicted molar refractivity (Wildman–Crippen MR) is 50.0 cm³/mol. The summed E-state index contributed by atoms with van der Waals surface area (Å²) < 4.78 is 0. The van der Waals surface area contributed by atoms with Crippen molar-refractivity contribution in [2.75, 3.05) is 0 Å². The number of thiocarbonyl (C=S) groups is 1. The maximum atomic E-state index is 11.1. The molecule has 0 radical (unpaired) electrons. The van der Waals surface area contributed by atoms with E-state index in [0.717, 1.165) is 0 Å². The number of amides is 1. The minimum absolute atomic E-state index is 0.0347. The molecule has 0 saturated heterocycles. The van der Waals surface area contributed by atoms with Gasteiger partial charge in [-0.25, -0.2) is 0 Å². The van der Waals surface area contributed by atoms with Crippen LogP contribution in [-0.2, 0) is 4.79 Å². The zero-order chi connectivity index (χ0) is 8.97. The highest BCUT2D eigenvalue weighted by Gasteiger charge is 2.20. The van der Waals surface area contributed by atoms with Crippen LogP contribution in [0.25, 0.3) is 0 Å². The van der Waals surface area contributed by atoms with Crippen molar-refractivity contribution in [1.29, 1.82) is 0 Å². The molecule has 1 aliphatic rings. The molecule has 0 bridgehead atoms. The third kappa shape index (κ3) is 3.04. The van der Waals surface area contributed by atoms with Gasteiger partial charge in [-0.05, 0) is 31.0 Å². The quantitative estimate of drug-likeness (QED) is 0.422. The Balaban J connectivity index is 2.06. The average Bonchev–Trinajstić information content (AvgIpc) is 1.93. The summed E-state index contributed by atoms with van der Waals surface area (Å²) in [5.74, 6) is 0.533. The second-order valence-corrected chi connectivity index (χ2v) is 3.48. The smallest absolute Gasteiger partial charge is 0.238 e. The molecule has 0 atom stereocenters. The zero-order valence-electron chi connectivity index (χ0n) is 6.80. The van der Waals surface area contributed by atoms with E-state index in [9.17, 15) is 4.79 Å². The number of carbonyl (C=O) groups is 1. The van der Waals surface area contributed by atoms with Gasteiger partial charge in [0.2, 0.25) is 5.91 Å². The van der Waals surface area contributed by atoms with Crippen molar-refractivity contribution in [2.45, 2.75) is 25.7 Å². The summed E-state index contributed by atoms with van der Waals surface area (Å²) >= 11 is 4.52. The average molecular weight is 187 g/mol. The van der Waals surface area contributed by atoms with E-state index in [-0.39, 0.29) is 11.0 Å². The Labute approximate surface area is 76.9 Å². The Kier molecular flexibility index (Phi) is 3.28. The van der Waals surface area contributed by atoms with Gasteiger partial charge in [0.1, 0.15) is 0 Å². The van der Waals surface area contributed by atoms with Crippen LogP contribution in [0.15, 0.2) is 0 Å². The largest absolute Gasteiger partial charge is 0.375 e. The highest BCUT2D eigenvalue weighted by Crippen LogP contribution is 2.28. The zero-order valence-corrected chi connectivity index (χ0v) is 7.62. The van der Waals surface area contributed by atoms with E-state index in [1.165, 1.54) is 19.3 Å². The number of carbonyl (C=O) groups excluding carboxylic acids is 1. The Morgan fingerprint density at radius 1 is 1.50 bits per heavy atom. The first-order valence-electron chi connectivity index (χ1n) is 4.03. The molecule has 1 amide bonds. The Hall–Kier alpha value is -0.840. The fourth-order valence-corrected chi connectivity index (χ4v) is 1.19. The van der Waals surface area contributed by atoms with Gasteiger partial charge >= 0.3 is 0 Å². The first kappa shape index (κ1) is 9.25. The second kappa shape index (κ2) is 4.25. The van der Waals surface area contributed by atoms with Gasteiger partial charge in [-0.3, -0.25) is 15.6 Å². The number of rotatable bonds is 2. The van der Waals surface area contributed by atoms with Crippen molar-refractivity contribution in [3.05, 3.63) is 0 Å². The Bertz CT molecular complexity index is 191. The summed E-state index contributed by atoms with van der Waals surface area (Å²) in [6, 6.07) is 0. The summed E-state index contributed by atoms with van der Waals surface area (Å²) in [6.45, 7) is 0. The van der Waals surface area contributed by atoms with Gasteiger partial charge in [0.15, 0.2) is 5.11 Å². The van der Waals surface area contributed by atoms with Crippen LogP contribution in [0, 0.1) is 5.92 Å². The van der Waals surface area contributed by atoms with Crippen LogP contribution < -0.4 is 16.6 Å². The molecule has 0 spiro atoms. The molecule has 0 aliphatic heterocycles. The van der Waals surface area contributed by atoms with Gasteiger partial charge in [0.25, 0.3) is 0 Å². The van der Waals surface area contributed by atoms with Crippen LogP contribution in [0.1, 0.15) is 25.7 Å². The molecule has 1 aliphatic carbocycles. The minimum Gasteiger partial charge on any atom is -0.375 e. The third-order valence-electron chi connectivity index (χ3n) is 2.02. The van der Waals surface area contributed by atoms with Gasteiger partial charge < -0.3 is 5.73 Å². The molecule has 1 rings (SSSR count). The SMILES string of the molecule is NC(=S)NNC(=O)CC1CCC1. The fraction of sp³-hybridized carbons (Fsp3) is 0.714. The van der Waals surface area contributed by atoms with Gasteiger partial charge in [-0.2, -0.15) is 0 Å². The van der Waals surface area contributed by atoms with E-state index >= 15 is 0 Å². The Morgan fingerprint density at radius 3 is 2.58 bits per heavy atom. The number of hydrazine groups is 1. The van der Waals surface area contributed by atoms with E-state index in [1.54, 1.807) is 0 Å². The topological polar surface area (TPSA) is 67.2 Å². The van der Waals surface area contributed by atoms with Gasteiger partial charge in [-0.1, -0.05) is 6.42 Å². The number of nitrogens with two attached hydrogens (primary N) is 1. The van der Waals surface area contributed by atoms with Crippen molar-refractivity contribution >= 4 is 23.2 Å². The van der Waals surface area contributed by atoms with E-state index in [2.05, 4.69) is 23.1 Å². The number of hydrogen-bond donors (Lipinski definition) is 3. The summed E-state index contributed by atoms with van der Waals surface area (Å²) in [7, 11) is 0. The summed E-state index contributed by atoms with van der Waals surface area (Å²) in [5.41, 5.74) is 9.96. The van der Waals surface area contributed by atoms with Crippen LogP contribution >= 0.6 is 12.2 Å². The van der Waals surface area contributed by atoms with Crippen molar-refractivity contribution < 1.29 is 4.79 Å². The summed E-state index contributed by atoms with van der Waals surface area (Å²) in [5, 5.41) is 0.0944. The monoisotopic (exact) mass is 187 g/mol. The third-order valence-corrected chi connectivity index (χ3v) is 2.13. The van der Waals surface area contributed by atoms with Gasteiger partial charge in [-0.15, -0.1) is 0 Å². The van der Waals surface area contributed by atoms with Crippen molar-refractivity contribution in [1.82, 2.24) is 10.9 Å². The molecule has 12 heavy (non-hydrogen) atoms. The maximum Gasteiger partial charge on any atom is 0.238 e. The molecule has 0 aromatic heterocycles. The van der Waals surface area contributed by atoms with Crippen LogP contribution in [0.4, 0.5) is 0 Å². The lowest BCUT2D eigenvalue weighted by Gasteiger charge is -2.24. The molecule has 68 valence electrons. The number of hydrogen-bond acceptors (Lipinski definition) is 2. The fourth-order valence-electron chi connectivity index (χ4n) is 1.14. The molecule has 4 N–H and O–H groups in total. The first-order chi connectivity index (χ1) is 5.68. The lowest BCUT2D eigenvalue weighted by atomic mass is 9.83. The second-order valence-electron chi connectivity index (χ2n) is 3.04. The van der Waals surface area contributed by atoms with Crippen molar-refractivity contribution in [2.24, 2.45) is 11.7 Å². The highest BCUT2D eigenvalue weighted by atomic mass is 32.1. The maximum absolute atomic E-state index is 11.1. The minimum atomic E-state index is -0.0347. The molecule has 1 saturated carbocycles. The standard InChI is InChI=1S/C7H13N3OS/c8-7(12)10-9-6(11)4-5-2-1-3-5/h5H,1-4H2,(H,9,11)(H3,8,10,12). The summed E-state index contributed by atoms with van der Waals surface area (Å²) in [6.07, 6.45) is 4.16.